The van der Waals surface area contributed by atoms with E-state index in [0.29, 0.717) is 11.4 Å². The van der Waals surface area contributed by atoms with Gasteiger partial charge in [0, 0.05) is 0 Å². The number of hydrogen-bond donors (Lipinski definition) is 2. The van der Waals surface area contributed by atoms with Crippen LogP contribution >= 0.6 is 0 Å². The van der Waals surface area contributed by atoms with Gasteiger partial charge in [0.25, 0.3) is 0 Å². The number of allylic oxidation sites excluding steroid dienone is 2. The van der Waals surface area contributed by atoms with Crippen LogP contribution in [0.2, 0.25) is 0 Å². The molecule has 0 saturated heterocycles. The molecular formula is C11H14N2. The third kappa shape index (κ3) is 1.72. The maximum absolute atomic E-state index is 5.68. The van der Waals surface area contributed by atoms with Crippen LogP contribution in [0, 0.1) is 6.92 Å². The molecule has 0 fully saturated rings. The van der Waals surface area contributed by atoms with Gasteiger partial charge in [-0.1, -0.05) is 19.2 Å². The van der Waals surface area contributed by atoms with E-state index in [4.69, 9.17) is 11.5 Å². The molecule has 1 aromatic rings. The van der Waals surface area contributed by atoms with Gasteiger partial charge in [-0.2, -0.15) is 0 Å². The van der Waals surface area contributed by atoms with E-state index in [1.165, 1.54) is 0 Å². The van der Waals surface area contributed by atoms with Crippen LogP contribution in [0.15, 0.2) is 31.4 Å². The molecule has 2 heteroatoms. The average Bonchev–Trinajstić information content (AvgIpc) is 2.10. The fraction of sp³-hybridized carbons (Fsp3) is 0.0909. The Labute approximate surface area is 78.6 Å². The van der Waals surface area contributed by atoms with Crippen molar-refractivity contribution in [2.45, 2.75) is 6.92 Å². The second kappa shape index (κ2) is 3.35. The van der Waals surface area contributed by atoms with E-state index in [2.05, 4.69) is 13.2 Å². The fourth-order valence-electron chi connectivity index (χ4n) is 1.20. The van der Waals surface area contributed by atoms with Crippen LogP contribution in [0.4, 0.5) is 11.4 Å². The van der Waals surface area contributed by atoms with Crippen molar-refractivity contribution < 1.29 is 0 Å². The molecule has 0 aliphatic heterocycles. The Kier molecular flexibility index (Phi) is 2.42. The predicted octanol–water partition coefficient (Wildman–Crippen LogP) is 2.36. The number of rotatable bonds is 2. The van der Waals surface area contributed by atoms with Crippen LogP contribution in [-0.2, 0) is 0 Å². The summed E-state index contributed by atoms with van der Waals surface area (Å²) in [5.41, 5.74) is 15.5. The van der Waals surface area contributed by atoms with E-state index < -0.39 is 0 Å². The molecule has 0 saturated carbocycles. The Balaban J connectivity index is 3.31. The smallest absolute Gasteiger partial charge is 0.0554 e. The first kappa shape index (κ1) is 9.39. The molecule has 4 N–H and O–H groups in total. The molecule has 0 aliphatic carbocycles. The van der Waals surface area contributed by atoms with Gasteiger partial charge in [-0.25, -0.2) is 0 Å². The van der Waals surface area contributed by atoms with Gasteiger partial charge in [0.1, 0.15) is 0 Å². The number of benzene rings is 1. The van der Waals surface area contributed by atoms with Crippen LogP contribution in [0.1, 0.15) is 11.1 Å². The maximum atomic E-state index is 5.68. The van der Waals surface area contributed by atoms with E-state index in [0.717, 1.165) is 16.7 Å². The maximum Gasteiger partial charge on any atom is 0.0554 e. The summed E-state index contributed by atoms with van der Waals surface area (Å²) in [5, 5.41) is 0. The molecule has 0 heterocycles. The molecule has 0 radical (unpaired) electrons. The molecule has 68 valence electrons. The van der Waals surface area contributed by atoms with Crippen LogP contribution < -0.4 is 11.5 Å². The summed E-state index contributed by atoms with van der Waals surface area (Å²) in [6.07, 6.45) is 1.71. The summed E-state index contributed by atoms with van der Waals surface area (Å²) in [5.74, 6) is 0. The molecule has 1 rings (SSSR count). The fourth-order valence-corrected chi connectivity index (χ4v) is 1.20. The Morgan fingerprint density at radius 2 is 1.85 bits per heavy atom. The molecule has 2 nitrogen and oxygen atoms in total. The highest BCUT2D eigenvalue weighted by Crippen LogP contribution is 2.25. The van der Waals surface area contributed by atoms with Crippen molar-refractivity contribution >= 4 is 16.9 Å². The monoisotopic (exact) mass is 174 g/mol. The number of anilines is 2. The lowest BCUT2D eigenvalue weighted by Crippen LogP contribution is -1.97. The minimum absolute atomic E-state index is 0.587. The number of aryl methyl sites for hydroxylation is 1. The summed E-state index contributed by atoms with van der Waals surface area (Å²) in [7, 11) is 0. The standard InChI is InChI=1S/C11H14N2/c1-4-7(2)9-6-11(13)10(12)5-8(9)3/h4-6H,1-2,12-13H2,3H3. The van der Waals surface area contributed by atoms with Gasteiger partial charge >= 0.3 is 0 Å². The molecular weight excluding hydrogens is 160 g/mol. The summed E-state index contributed by atoms with van der Waals surface area (Å²) in [6, 6.07) is 3.67. The lowest BCUT2D eigenvalue weighted by atomic mass is 10.0. The van der Waals surface area contributed by atoms with E-state index in [1.54, 1.807) is 6.08 Å². The van der Waals surface area contributed by atoms with Gasteiger partial charge < -0.3 is 11.5 Å². The first-order valence-corrected chi connectivity index (χ1v) is 4.03. The van der Waals surface area contributed by atoms with Crippen LogP contribution in [-0.4, -0.2) is 0 Å². The second-order valence-electron chi connectivity index (χ2n) is 3.03. The van der Waals surface area contributed by atoms with Gasteiger partial charge in [0.05, 0.1) is 11.4 Å². The molecule has 0 bridgehead atoms. The lowest BCUT2D eigenvalue weighted by Gasteiger charge is -2.08. The van der Waals surface area contributed by atoms with Crippen molar-refractivity contribution in [2.75, 3.05) is 11.5 Å². The molecule has 0 atom stereocenters. The zero-order valence-electron chi connectivity index (χ0n) is 7.80. The normalized spacial score (nSPS) is 9.62. The van der Waals surface area contributed by atoms with Gasteiger partial charge in [0.2, 0.25) is 0 Å². The van der Waals surface area contributed by atoms with Crippen molar-refractivity contribution in [1.82, 2.24) is 0 Å². The van der Waals surface area contributed by atoms with Gasteiger partial charge in [-0.05, 0) is 35.8 Å². The van der Waals surface area contributed by atoms with Crippen LogP contribution in [0.3, 0.4) is 0 Å². The number of nitrogen functional groups attached to an aromatic ring is 2. The minimum Gasteiger partial charge on any atom is -0.397 e. The van der Waals surface area contributed by atoms with Crippen LogP contribution in [0.25, 0.3) is 5.57 Å². The summed E-state index contributed by atoms with van der Waals surface area (Å²) >= 11 is 0. The minimum atomic E-state index is 0.587. The largest absolute Gasteiger partial charge is 0.397 e. The first-order valence-electron chi connectivity index (χ1n) is 4.03. The highest BCUT2D eigenvalue weighted by atomic mass is 14.7. The molecule has 0 amide bonds. The highest BCUT2D eigenvalue weighted by Gasteiger charge is 2.03. The Morgan fingerprint density at radius 3 is 2.38 bits per heavy atom. The van der Waals surface area contributed by atoms with Gasteiger partial charge in [-0.15, -0.1) is 0 Å². The van der Waals surface area contributed by atoms with Crippen molar-refractivity contribution in [3.05, 3.63) is 42.5 Å². The molecule has 0 unspecified atom stereocenters. The van der Waals surface area contributed by atoms with Crippen molar-refractivity contribution in [3.8, 4) is 0 Å². The molecule has 0 spiro atoms. The third-order valence-electron chi connectivity index (χ3n) is 2.02. The summed E-state index contributed by atoms with van der Waals surface area (Å²) in [6.45, 7) is 9.49. The summed E-state index contributed by atoms with van der Waals surface area (Å²) in [4.78, 5) is 0. The Hall–Kier alpha value is -1.70. The first-order chi connectivity index (χ1) is 6.06. The Bertz CT molecular complexity index is 365. The zero-order chi connectivity index (χ0) is 10.0. The lowest BCUT2D eigenvalue weighted by molar-refractivity contribution is 1.43. The topological polar surface area (TPSA) is 52.0 Å². The van der Waals surface area contributed by atoms with Crippen molar-refractivity contribution in [2.24, 2.45) is 0 Å². The second-order valence-corrected chi connectivity index (χ2v) is 3.03. The highest BCUT2D eigenvalue weighted by molar-refractivity contribution is 5.79. The van der Waals surface area contributed by atoms with Crippen molar-refractivity contribution in [3.63, 3.8) is 0 Å². The zero-order valence-corrected chi connectivity index (χ0v) is 7.80. The predicted molar refractivity (Wildman–Crippen MR) is 59.2 cm³/mol. The van der Waals surface area contributed by atoms with Gasteiger partial charge in [-0.3, -0.25) is 0 Å². The number of nitrogens with two attached hydrogens (primary N) is 2. The van der Waals surface area contributed by atoms with E-state index in [9.17, 15) is 0 Å². The third-order valence-corrected chi connectivity index (χ3v) is 2.02. The number of hydrogen-bond acceptors (Lipinski definition) is 2. The van der Waals surface area contributed by atoms with Crippen molar-refractivity contribution in [1.29, 1.82) is 0 Å². The Morgan fingerprint density at radius 1 is 1.31 bits per heavy atom. The summed E-state index contributed by atoms with van der Waals surface area (Å²) < 4.78 is 0. The van der Waals surface area contributed by atoms with E-state index in [1.807, 2.05) is 19.1 Å². The average molecular weight is 174 g/mol. The molecule has 13 heavy (non-hydrogen) atoms. The van der Waals surface area contributed by atoms with Crippen LogP contribution in [0.5, 0.6) is 0 Å². The van der Waals surface area contributed by atoms with E-state index in [-0.39, 0.29) is 0 Å². The molecule has 1 aromatic carbocycles. The molecule has 0 aliphatic rings. The quantitative estimate of drug-likeness (QED) is 0.534. The SMILES string of the molecule is C=CC(=C)c1cc(N)c(N)cc1C. The van der Waals surface area contributed by atoms with Gasteiger partial charge in [0.15, 0.2) is 0 Å². The van der Waals surface area contributed by atoms with E-state index >= 15 is 0 Å². The molecule has 0 aromatic heterocycles.